The summed E-state index contributed by atoms with van der Waals surface area (Å²) < 4.78 is 0. The summed E-state index contributed by atoms with van der Waals surface area (Å²) in [5.74, 6) is 0. The minimum atomic E-state index is -0.677. The van der Waals surface area contributed by atoms with E-state index in [1.807, 2.05) is 4.90 Å². The molecule has 0 aromatic heterocycles. The third-order valence-electron chi connectivity index (χ3n) is 1.87. The summed E-state index contributed by atoms with van der Waals surface area (Å²) in [6, 6.07) is 0. The van der Waals surface area contributed by atoms with E-state index in [4.69, 9.17) is 10.2 Å². The van der Waals surface area contributed by atoms with Gasteiger partial charge in [-0.2, -0.15) is 0 Å². The molecule has 80 valence electrons. The Hall–Kier alpha value is -0.160. The highest BCUT2D eigenvalue weighted by molar-refractivity contribution is 4.68. The van der Waals surface area contributed by atoms with Gasteiger partial charge in [-0.25, -0.2) is 0 Å². The molecule has 0 amide bonds. The Morgan fingerprint density at radius 2 is 1.46 bits per heavy atom. The summed E-state index contributed by atoms with van der Waals surface area (Å²) >= 11 is 0. The first-order valence-electron chi connectivity index (χ1n) is 4.66. The van der Waals surface area contributed by atoms with Crippen molar-refractivity contribution < 1.29 is 15.3 Å². The van der Waals surface area contributed by atoms with Gasteiger partial charge >= 0.3 is 0 Å². The van der Waals surface area contributed by atoms with Crippen molar-refractivity contribution in [2.75, 3.05) is 32.8 Å². The predicted molar refractivity (Wildman–Crippen MR) is 51.5 cm³/mol. The standard InChI is InChI=1S/C9H21NO3/c1-9(2,13)3-4-10(5-7-11)6-8-12/h11-13H,3-8H2,1-2H3. The second kappa shape index (κ2) is 6.32. The SMILES string of the molecule is CC(C)(O)CCN(CCO)CCO. The quantitative estimate of drug-likeness (QED) is 0.504. The second-order valence-corrected chi connectivity index (χ2v) is 3.85. The zero-order valence-electron chi connectivity index (χ0n) is 8.53. The molecule has 0 radical (unpaired) electrons. The van der Waals surface area contributed by atoms with Crippen LogP contribution in [-0.4, -0.2) is 58.7 Å². The van der Waals surface area contributed by atoms with Gasteiger partial charge in [0.25, 0.3) is 0 Å². The lowest BCUT2D eigenvalue weighted by molar-refractivity contribution is 0.0519. The average Bonchev–Trinajstić information content (AvgIpc) is 2.00. The Bertz CT molecular complexity index is 117. The second-order valence-electron chi connectivity index (χ2n) is 3.85. The van der Waals surface area contributed by atoms with Crippen LogP contribution < -0.4 is 0 Å². The van der Waals surface area contributed by atoms with Crippen LogP contribution in [0.4, 0.5) is 0 Å². The molecule has 0 aliphatic carbocycles. The normalized spacial score (nSPS) is 12.5. The lowest BCUT2D eigenvalue weighted by Gasteiger charge is -2.24. The summed E-state index contributed by atoms with van der Waals surface area (Å²) in [6.45, 7) is 5.49. The largest absolute Gasteiger partial charge is 0.395 e. The molecule has 13 heavy (non-hydrogen) atoms. The number of hydrogen-bond donors (Lipinski definition) is 3. The summed E-state index contributed by atoms with van der Waals surface area (Å²) in [5.41, 5.74) is -0.677. The highest BCUT2D eigenvalue weighted by Crippen LogP contribution is 2.07. The maximum atomic E-state index is 9.45. The monoisotopic (exact) mass is 191 g/mol. The molecular weight excluding hydrogens is 170 g/mol. The van der Waals surface area contributed by atoms with Crippen LogP contribution in [0.1, 0.15) is 20.3 Å². The fourth-order valence-corrected chi connectivity index (χ4v) is 1.05. The summed E-state index contributed by atoms with van der Waals surface area (Å²) in [5, 5.41) is 26.9. The molecule has 3 N–H and O–H groups in total. The molecule has 4 nitrogen and oxygen atoms in total. The van der Waals surface area contributed by atoms with E-state index in [2.05, 4.69) is 0 Å². The molecule has 0 aliphatic heterocycles. The fraction of sp³-hybridized carbons (Fsp3) is 1.00. The van der Waals surface area contributed by atoms with Crippen molar-refractivity contribution in [3.05, 3.63) is 0 Å². The van der Waals surface area contributed by atoms with Crippen LogP contribution in [0.25, 0.3) is 0 Å². The minimum absolute atomic E-state index is 0.0891. The average molecular weight is 191 g/mol. The van der Waals surface area contributed by atoms with E-state index in [1.54, 1.807) is 13.8 Å². The summed E-state index contributed by atoms with van der Waals surface area (Å²) in [7, 11) is 0. The van der Waals surface area contributed by atoms with Gasteiger partial charge in [-0.15, -0.1) is 0 Å². The molecule has 0 aromatic rings. The van der Waals surface area contributed by atoms with Gasteiger partial charge in [0.15, 0.2) is 0 Å². The number of aliphatic hydroxyl groups is 3. The van der Waals surface area contributed by atoms with Crippen molar-refractivity contribution in [2.45, 2.75) is 25.9 Å². The zero-order valence-corrected chi connectivity index (χ0v) is 8.53. The molecule has 0 aliphatic rings. The van der Waals surface area contributed by atoms with Crippen molar-refractivity contribution in [2.24, 2.45) is 0 Å². The van der Waals surface area contributed by atoms with Crippen LogP contribution in [0.3, 0.4) is 0 Å². The van der Waals surface area contributed by atoms with Crippen LogP contribution in [0.2, 0.25) is 0 Å². The van der Waals surface area contributed by atoms with Gasteiger partial charge in [0.05, 0.1) is 18.8 Å². The molecule has 0 atom stereocenters. The Morgan fingerprint density at radius 1 is 1.00 bits per heavy atom. The van der Waals surface area contributed by atoms with Crippen LogP contribution >= 0.6 is 0 Å². The topological polar surface area (TPSA) is 63.9 Å². The van der Waals surface area contributed by atoms with E-state index in [0.717, 1.165) is 0 Å². The van der Waals surface area contributed by atoms with Gasteiger partial charge in [-0.1, -0.05) is 0 Å². The van der Waals surface area contributed by atoms with Gasteiger partial charge in [0, 0.05) is 19.6 Å². The van der Waals surface area contributed by atoms with E-state index < -0.39 is 5.60 Å². The molecule has 0 spiro atoms. The summed E-state index contributed by atoms with van der Waals surface area (Å²) in [6.07, 6.45) is 0.646. The first-order chi connectivity index (χ1) is 5.99. The van der Waals surface area contributed by atoms with Gasteiger partial charge in [0.1, 0.15) is 0 Å². The molecule has 0 unspecified atom stereocenters. The zero-order chi connectivity index (χ0) is 10.3. The molecule has 0 rings (SSSR count). The Labute approximate surface area is 79.8 Å². The van der Waals surface area contributed by atoms with E-state index in [0.29, 0.717) is 26.1 Å². The van der Waals surface area contributed by atoms with E-state index in [1.165, 1.54) is 0 Å². The molecule has 0 bridgehead atoms. The highest BCUT2D eigenvalue weighted by Gasteiger charge is 2.14. The number of rotatable bonds is 7. The number of nitrogens with zero attached hydrogens (tertiary/aromatic N) is 1. The van der Waals surface area contributed by atoms with Crippen LogP contribution in [0.5, 0.6) is 0 Å². The van der Waals surface area contributed by atoms with Crippen LogP contribution in [0.15, 0.2) is 0 Å². The Balaban J connectivity index is 3.68. The molecule has 0 saturated carbocycles. The molecule has 0 heterocycles. The molecule has 0 aromatic carbocycles. The first kappa shape index (κ1) is 12.8. The van der Waals surface area contributed by atoms with Crippen LogP contribution in [-0.2, 0) is 0 Å². The first-order valence-corrected chi connectivity index (χ1v) is 4.66. The van der Waals surface area contributed by atoms with Gasteiger partial charge in [0.2, 0.25) is 0 Å². The number of hydrogen-bond acceptors (Lipinski definition) is 4. The third kappa shape index (κ3) is 8.18. The fourth-order valence-electron chi connectivity index (χ4n) is 1.05. The van der Waals surface area contributed by atoms with Crippen molar-refractivity contribution in [1.29, 1.82) is 0 Å². The van der Waals surface area contributed by atoms with Gasteiger partial charge in [-0.05, 0) is 20.3 Å². The van der Waals surface area contributed by atoms with E-state index >= 15 is 0 Å². The molecule has 0 fully saturated rings. The van der Waals surface area contributed by atoms with Crippen LogP contribution in [0, 0.1) is 0 Å². The lowest BCUT2D eigenvalue weighted by atomic mass is 10.1. The molecule has 0 saturated heterocycles. The Kier molecular flexibility index (Phi) is 6.24. The molecule has 4 heteroatoms. The van der Waals surface area contributed by atoms with Crippen molar-refractivity contribution in [3.8, 4) is 0 Å². The van der Waals surface area contributed by atoms with E-state index in [9.17, 15) is 5.11 Å². The van der Waals surface area contributed by atoms with Gasteiger partial charge in [-0.3, -0.25) is 4.90 Å². The maximum absolute atomic E-state index is 9.45. The summed E-state index contributed by atoms with van der Waals surface area (Å²) in [4.78, 5) is 1.93. The third-order valence-corrected chi connectivity index (χ3v) is 1.87. The Morgan fingerprint density at radius 3 is 1.77 bits per heavy atom. The maximum Gasteiger partial charge on any atom is 0.0603 e. The smallest absolute Gasteiger partial charge is 0.0603 e. The highest BCUT2D eigenvalue weighted by atomic mass is 16.3. The molecular formula is C9H21NO3. The minimum Gasteiger partial charge on any atom is -0.395 e. The van der Waals surface area contributed by atoms with Crippen molar-refractivity contribution in [3.63, 3.8) is 0 Å². The lowest BCUT2D eigenvalue weighted by Crippen LogP contribution is -2.34. The number of aliphatic hydroxyl groups excluding tert-OH is 2. The van der Waals surface area contributed by atoms with Crippen molar-refractivity contribution >= 4 is 0 Å². The van der Waals surface area contributed by atoms with Crippen molar-refractivity contribution in [1.82, 2.24) is 4.90 Å². The predicted octanol–water partition coefficient (Wildman–Crippen LogP) is -0.566. The van der Waals surface area contributed by atoms with E-state index in [-0.39, 0.29) is 13.2 Å². The van der Waals surface area contributed by atoms with Gasteiger partial charge < -0.3 is 15.3 Å².